The Hall–Kier alpha value is -0.800. The van der Waals surface area contributed by atoms with Crippen molar-refractivity contribution in [2.75, 3.05) is 13.7 Å². The van der Waals surface area contributed by atoms with Crippen LogP contribution in [-0.2, 0) is 4.74 Å². The summed E-state index contributed by atoms with van der Waals surface area (Å²) < 4.78 is 24.5. The Kier molecular flexibility index (Phi) is 5.46. The summed E-state index contributed by atoms with van der Waals surface area (Å²) in [6.07, 6.45) is 5.36. The first-order chi connectivity index (χ1) is 9.20. The van der Waals surface area contributed by atoms with Crippen LogP contribution < -0.4 is 4.74 Å². The van der Waals surface area contributed by atoms with Crippen LogP contribution in [0.5, 0.6) is 5.75 Å². The molecule has 1 saturated heterocycles. The second-order valence-corrected chi connectivity index (χ2v) is 5.45. The van der Waals surface area contributed by atoms with Gasteiger partial charge in [0.1, 0.15) is 11.6 Å². The van der Waals surface area contributed by atoms with E-state index in [0.29, 0.717) is 11.3 Å². The molecule has 4 heteroatoms. The Morgan fingerprint density at radius 2 is 2.32 bits per heavy atom. The molecule has 1 aliphatic heterocycles. The normalized spacial score (nSPS) is 21.1. The van der Waals surface area contributed by atoms with Crippen molar-refractivity contribution in [3.63, 3.8) is 0 Å². The highest BCUT2D eigenvalue weighted by Gasteiger charge is 2.18. The maximum Gasteiger partial charge on any atom is 0.131 e. The molecule has 0 bridgehead atoms. The van der Waals surface area contributed by atoms with Crippen molar-refractivity contribution in [2.24, 2.45) is 0 Å². The molecule has 106 valence electrons. The van der Waals surface area contributed by atoms with Crippen molar-refractivity contribution in [3.8, 4) is 5.75 Å². The van der Waals surface area contributed by atoms with Gasteiger partial charge in [-0.25, -0.2) is 4.39 Å². The van der Waals surface area contributed by atoms with Crippen LogP contribution in [0.2, 0.25) is 0 Å². The van der Waals surface area contributed by atoms with Crippen LogP contribution in [0.4, 0.5) is 4.39 Å². The lowest BCUT2D eigenvalue weighted by Crippen LogP contribution is -2.19. The molecule has 2 unspecified atom stereocenters. The van der Waals surface area contributed by atoms with Gasteiger partial charge in [0.05, 0.1) is 18.6 Å². The summed E-state index contributed by atoms with van der Waals surface area (Å²) >= 11 is 6.29. The average Bonchev–Trinajstić information content (AvgIpc) is 2.45. The number of methoxy groups -OCH3 is 1. The summed E-state index contributed by atoms with van der Waals surface area (Å²) in [5, 5.41) is -0.309. The van der Waals surface area contributed by atoms with Crippen molar-refractivity contribution in [3.05, 3.63) is 29.6 Å². The Morgan fingerprint density at radius 1 is 1.47 bits per heavy atom. The molecule has 2 rings (SSSR count). The van der Waals surface area contributed by atoms with Crippen LogP contribution in [-0.4, -0.2) is 19.8 Å². The third-order valence-electron chi connectivity index (χ3n) is 3.56. The fourth-order valence-corrected chi connectivity index (χ4v) is 2.71. The molecule has 2 atom stereocenters. The topological polar surface area (TPSA) is 18.5 Å². The van der Waals surface area contributed by atoms with Crippen LogP contribution in [0.3, 0.4) is 0 Å². The highest BCUT2D eigenvalue weighted by Crippen LogP contribution is 2.31. The fraction of sp³-hybridized carbons (Fsp3) is 0.600. The zero-order valence-electron chi connectivity index (χ0n) is 11.2. The van der Waals surface area contributed by atoms with Crippen molar-refractivity contribution in [1.29, 1.82) is 0 Å². The van der Waals surface area contributed by atoms with Gasteiger partial charge >= 0.3 is 0 Å². The van der Waals surface area contributed by atoms with E-state index in [1.807, 2.05) is 0 Å². The summed E-state index contributed by atoms with van der Waals surface area (Å²) in [4.78, 5) is 0. The van der Waals surface area contributed by atoms with Crippen LogP contribution in [0.1, 0.15) is 43.0 Å². The van der Waals surface area contributed by atoms with E-state index in [4.69, 9.17) is 21.1 Å². The predicted molar refractivity (Wildman–Crippen MR) is 74.4 cm³/mol. The van der Waals surface area contributed by atoms with E-state index >= 15 is 0 Å². The Bertz CT molecular complexity index is 405. The van der Waals surface area contributed by atoms with E-state index in [-0.39, 0.29) is 17.3 Å². The molecule has 1 aromatic rings. The Morgan fingerprint density at radius 3 is 2.95 bits per heavy atom. The van der Waals surface area contributed by atoms with Crippen LogP contribution >= 0.6 is 11.6 Å². The molecule has 0 N–H and O–H groups in total. The number of alkyl halides is 1. The zero-order valence-corrected chi connectivity index (χ0v) is 12.0. The third-order valence-corrected chi connectivity index (χ3v) is 4.01. The number of halogens is 2. The Balaban J connectivity index is 1.89. The minimum atomic E-state index is -0.309. The maximum absolute atomic E-state index is 13.9. The van der Waals surface area contributed by atoms with Crippen LogP contribution in [0.25, 0.3) is 0 Å². The lowest BCUT2D eigenvalue weighted by atomic mass is 10.0. The first-order valence-electron chi connectivity index (χ1n) is 6.80. The molecule has 19 heavy (non-hydrogen) atoms. The largest absolute Gasteiger partial charge is 0.497 e. The highest BCUT2D eigenvalue weighted by molar-refractivity contribution is 6.20. The fourth-order valence-electron chi connectivity index (χ4n) is 2.41. The van der Waals surface area contributed by atoms with Gasteiger partial charge in [-0.2, -0.15) is 0 Å². The monoisotopic (exact) mass is 286 g/mol. The summed E-state index contributed by atoms with van der Waals surface area (Å²) in [5.74, 6) is 0.213. The van der Waals surface area contributed by atoms with Crippen molar-refractivity contribution in [1.82, 2.24) is 0 Å². The number of ether oxygens (including phenoxy) is 2. The van der Waals surface area contributed by atoms with Gasteiger partial charge < -0.3 is 9.47 Å². The van der Waals surface area contributed by atoms with Gasteiger partial charge in [0.2, 0.25) is 0 Å². The van der Waals surface area contributed by atoms with Gasteiger partial charge in [0.25, 0.3) is 0 Å². The first-order valence-corrected chi connectivity index (χ1v) is 7.23. The maximum atomic E-state index is 13.9. The van der Waals surface area contributed by atoms with Crippen molar-refractivity contribution < 1.29 is 13.9 Å². The standard InChI is InChI=1S/C15H20ClFO2/c1-18-12-5-7-13(15(17)10-12)14(16)8-6-11-4-2-3-9-19-11/h5,7,10-11,14H,2-4,6,8-9H2,1H3. The molecule has 0 radical (unpaired) electrons. The first kappa shape index (κ1) is 14.6. The smallest absolute Gasteiger partial charge is 0.131 e. The minimum Gasteiger partial charge on any atom is -0.497 e. The van der Waals surface area contributed by atoms with Gasteiger partial charge in [-0.1, -0.05) is 6.07 Å². The van der Waals surface area contributed by atoms with Gasteiger partial charge in [0, 0.05) is 18.2 Å². The van der Waals surface area contributed by atoms with E-state index < -0.39 is 0 Å². The molecule has 1 heterocycles. The lowest BCUT2D eigenvalue weighted by Gasteiger charge is -2.23. The molecule has 1 fully saturated rings. The lowest BCUT2D eigenvalue weighted by molar-refractivity contribution is 0.00997. The van der Waals surface area contributed by atoms with E-state index in [0.717, 1.165) is 32.3 Å². The quantitative estimate of drug-likeness (QED) is 0.744. The molecule has 1 aliphatic rings. The third kappa shape index (κ3) is 4.08. The van der Waals surface area contributed by atoms with Gasteiger partial charge in [-0.3, -0.25) is 0 Å². The van der Waals surface area contributed by atoms with Crippen molar-refractivity contribution >= 4 is 11.6 Å². The van der Waals surface area contributed by atoms with Gasteiger partial charge in [-0.15, -0.1) is 11.6 Å². The van der Waals surface area contributed by atoms with E-state index in [2.05, 4.69) is 0 Å². The predicted octanol–water partition coefficient (Wildman–Crippen LogP) is 4.46. The van der Waals surface area contributed by atoms with E-state index in [1.165, 1.54) is 19.6 Å². The van der Waals surface area contributed by atoms with Gasteiger partial charge in [0.15, 0.2) is 0 Å². The molecule has 2 nitrogen and oxygen atoms in total. The second-order valence-electron chi connectivity index (χ2n) is 4.92. The zero-order chi connectivity index (χ0) is 13.7. The molecule has 0 saturated carbocycles. The minimum absolute atomic E-state index is 0.288. The summed E-state index contributed by atoms with van der Waals surface area (Å²) in [6.45, 7) is 0.842. The molecule has 0 amide bonds. The van der Waals surface area contributed by atoms with Crippen LogP contribution in [0.15, 0.2) is 18.2 Å². The van der Waals surface area contributed by atoms with Crippen LogP contribution in [0, 0.1) is 5.82 Å². The summed E-state index contributed by atoms with van der Waals surface area (Å²) in [7, 11) is 1.52. The number of rotatable bonds is 5. The number of benzene rings is 1. The molecular weight excluding hydrogens is 267 g/mol. The molecule has 0 spiro atoms. The number of hydrogen-bond donors (Lipinski definition) is 0. The van der Waals surface area contributed by atoms with Crippen molar-refractivity contribution in [2.45, 2.75) is 43.6 Å². The van der Waals surface area contributed by atoms with E-state index in [1.54, 1.807) is 12.1 Å². The SMILES string of the molecule is COc1ccc(C(Cl)CCC2CCCCO2)c(F)c1. The number of hydrogen-bond acceptors (Lipinski definition) is 2. The highest BCUT2D eigenvalue weighted by atomic mass is 35.5. The Labute approximate surface area is 118 Å². The van der Waals surface area contributed by atoms with Gasteiger partial charge in [-0.05, 0) is 38.2 Å². The van der Waals surface area contributed by atoms with E-state index in [9.17, 15) is 4.39 Å². The second kappa shape index (κ2) is 7.11. The summed E-state index contributed by atoms with van der Waals surface area (Å²) in [6, 6.07) is 4.82. The molecule has 0 aliphatic carbocycles. The molecular formula is C15H20ClFO2. The molecule has 1 aromatic carbocycles. The molecule has 0 aromatic heterocycles. The average molecular weight is 287 g/mol. The summed E-state index contributed by atoms with van der Waals surface area (Å²) in [5.41, 5.74) is 0.540.